The fraction of sp³-hybridized carbons (Fsp3) is 0.667. The smallest absolute Gasteiger partial charge is 0.480 e. The molecular weight excluding hydrogens is 569 g/mol. The van der Waals surface area contributed by atoms with E-state index in [1.54, 1.807) is 24.5 Å². The minimum atomic E-state index is -5.48. The van der Waals surface area contributed by atoms with Gasteiger partial charge in [-0.2, -0.15) is 13.2 Å². The molecule has 20 heteroatoms. The maximum absolute atomic E-state index is 12.5. The average Bonchev–Trinajstić information content (AvgIpc) is 2.84. The summed E-state index contributed by atoms with van der Waals surface area (Å²) in [6.45, 7) is 2.20. The molecule has 0 aliphatic carbocycles. The molecule has 0 aromatic heterocycles. The van der Waals surface area contributed by atoms with Crippen LogP contribution in [0.2, 0.25) is 0 Å². The van der Waals surface area contributed by atoms with Crippen LogP contribution in [-0.4, -0.2) is 112 Å². The first-order valence-corrected chi connectivity index (χ1v) is 11.7. The number of aliphatic carboxylic acids is 1. The monoisotopic (exact) mass is 602 g/mol. The van der Waals surface area contributed by atoms with Crippen molar-refractivity contribution in [3.8, 4) is 0 Å². The summed E-state index contributed by atoms with van der Waals surface area (Å²) in [4.78, 5) is 83.0. The maximum atomic E-state index is 12.5. The van der Waals surface area contributed by atoms with Gasteiger partial charge in [0.05, 0.1) is 18.7 Å². The minimum Gasteiger partial charge on any atom is -0.480 e. The van der Waals surface area contributed by atoms with E-state index >= 15 is 0 Å². The zero-order valence-corrected chi connectivity index (χ0v) is 22.1. The van der Waals surface area contributed by atoms with Crippen molar-refractivity contribution < 1.29 is 66.8 Å². The Morgan fingerprint density at radius 2 is 1.44 bits per heavy atom. The van der Waals surface area contributed by atoms with E-state index in [2.05, 4.69) is 10.1 Å². The summed E-state index contributed by atoms with van der Waals surface area (Å²) in [5.74, 6) is -11.2. The predicted molar refractivity (Wildman–Crippen MR) is 128 cm³/mol. The normalized spacial score (nSPS) is 15.8. The van der Waals surface area contributed by atoms with E-state index in [1.807, 2.05) is 5.32 Å². The third kappa shape index (κ3) is 13.2. The van der Waals surface area contributed by atoms with Crippen molar-refractivity contribution in [2.24, 2.45) is 17.4 Å². The summed E-state index contributed by atoms with van der Waals surface area (Å²) < 4.78 is 40.6. The lowest BCUT2D eigenvalue weighted by atomic mass is 10.0. The van der Waals surface area contributed by atoms with Gasteiger partial charge in [-0.15, -0.1) is 0 Å². The number of hydrogen-bond donors (Lipinski definition) is 9. The van der Waals surface area contributed by atoms with Gasteiger partial charge < -0.3 is 52.8 Å². The number of amides is 5. The standard InChI is InChI=1S/C21H33F3N6O11/c1-7(2)4-9(25)16(35)30-12(8(3)31)17(36)27-5-11(32)29-13(14(33)15(26)34)18(37)28-10(19(38)39)6-41-20(40)21(22,23)24/h7-10,12-14,31,33H,4-6,25H2,1-3H3,(H2,26,34)(H,27,36)(H,28,37)(H,29,32)(H,30,35)(H,38,39)/t8-,9-,10-,12-,13?,14-/m0/s1. The van der Waals surface area contributed by atoms with Crippen molar-refractivity contribution in [3.63, 3.8) is 0 Å². The molecule has 1 unspecified atom stereocenters. The van der Waals surface area contributed by atoms with Crippen LogP contribution in [0.15, 0.2) is 0 Å². The Hall–Kier alpha value is -4.04. The van der Waals surface area contributed by atoms with Gasteiger partial charge in [-0.05, 0) is 19.3 Å². The molecule has 41 heavy (non-hydrogen) atoms. The Balaban J connectivity index is 5.43. The van der Waals surface area contributed by atoms with Gasteiger partial charge in [-0.3, -0.25) is 24.0 Å². The molecule has 0 fully saturated rings. The number of halogens is 3. The first-order valence-electron chi connectivity index (χ1n) is 11.7. The summed E-state index contributed by atoms with van der Waals surface area (Å²) >= 11 is 0. The summed E-state index contributed by atoms with van der Waals surface area (Å²) in [7, 11) is 0. The van der Waals surface area contributed by atoms with Crippen LogP contribution < -0.4 is 32.7 Å². The van der Waals surface area contributed by atoms with Gasteiger partial charge in [0.25, 0.3) is 0 Å². The van der Waals surface area contributed by atoms with Crippen LogP contribution >= 0.6 is 0 Å². The van der Waals surface area contributed by atoms with Crippen LogP contribution in [-0.2, 0) is 38.3 Å². The molecule has 234 valence electrons. The Bertz CT molecular complexity index is 993. The van der Waals surface area contributed by atoms with E-state index in [0.717, 1.165) is 6.92 Å². The second kappa shape index (κ2) is 16.3. The van der Waals surface area contributed by atoms with Gasteiger partial charge in [0.2, 0.25) is 29.5 Å². The van der Waals surface area contributed by atoms with E-state index < -0.39 is 97.2 Å². The average molecular weight is 603 g/mol. The molecule has 5 amide bonds. The highest BCUT2D eigenvalue weighted by atomic mass is 19.4. The number of nitrogens with one attached hydrogen (secondary N) is 4. The van der Waals surface area contributed by atoms with Crippen LogP contribution in [0.25, 0.3) is 0 Å². The first kappa shape index (κ1) is 37.0. The Labute approximate surface area is 230 Å². The zero-order valence-electron chi connectivity index (χ0n) is 22.1. The summed E-state index contributed by atoms with van der Waals surface area (Å²) in [6.07, 6.45) is -9.20. The number of nitrogens with two attached hydrogens (primary N) is 2. The highest BCUT2D eigenvalue weighted by molar-refractivity contribution is 5.97. The largest absolute Gasteiger partial charge is 0.490 e. The Morgan fingerprint density at radius 1 is 0.878 bits per heavy atom. The zero-order chi connectivity index (χ0) is 32.2. The number of ether oxygens (including phenoxy) is 1. The molecule has 0 rings (SSSR count). The van der Waals surface area contributed by atoms with Gasteiger partial charge in [0.15, 0.2) is 12.1 Å². The molecule has 0 aliphatic rings. The second-order valence-electron chi connectivity index (χ2n) is 9.07. The van der Waals surface area contributed by atoms with E-state index in [0.29, 0.717) is 0 Å². The highest BCUT2D eigenvalue weighted by Gasteiger charge is 2.42. The molecular formula is C21H33F3N6O11. The lowest BCUT2D eigenvalue weighted by Crippen LogP contribution is -2.61. The fourth-order valence-electron chi connectivity index (χ4n) is 2.91. The van der Waals surface area contributed by atoms with Gasteiger partial charge in [0.1, 0.15) is 18.7 Å². The topological polar surface area (TPSA) is 290 Å². The number of carbonyl (C=O) groups excluding carboxylic acids is 6. The number of aliphatic hydroxyl groups excluding tert-OH is 2. The molecule has 0 aliphatic heterocycles. The van der Waals surface area contributed by atoms with Crippen molar-refractivity contribution in [1.29, 1.82) is 0 Å². The van der Waals surface area contributed by atoms with Gasteiger partial charge in [-0.25, -0.2) is 9.59 Å². The molecule has 0 bridgehead atoms. The number of primary amides is 1. The molecule has 17 nitrogen and oxygen atoms in total. The molecule has 0 saturated heterocycles. The summed E-state index contributed by atoms with van der Waals surface area (Å²) in [6, 6.07) is -7.27. The minimum absolute atomic E-state index is 0.0276. The van der Waals surface area contributed by atoms with Crippen LogP contribution in [0.3, 0.4) is 0 Å². The molecule has 0 saturated carbocycles. The second-order valence-corrected chi connectivity index (χ2v) is 9.07. The first-order chi connectivity index (χ1) is 18.7. The van der Waals surface area contributed by atoms with E-state index in [4.69, 9.17) is 16.6 Å². The van der Waals surface area contributed by atoms with E-state index in [9.17, 15) is 56.9 Å². The quantitative estimate of drug-likeness (QED) is 0.0754. The molecule has 0 radical (unpaired) electrons. The number of carboxylic acids is 1. The number of aliphatic hydroxyl groups is 2. The fourth-order valence-corrected chi connectivity index (χ4v) is 2.91. The number of esters is 1. The molecule has 0 aromatic carbocycles. The Kier molecular flexibility index (Phi) is 14.7. The number of alkyl halides is 3. The van der Waals surface area contributed by atoms with Gasteiger partial charge in [-0.1, -0.05) is 13.8 Å². The van der Waals surface area contributed by atoms with Crippen molar-refractivity contribution in [2.75, 3.05) is 13.2 Å². The third-order valence-corrected chi connectivity index (χ3v) is 4.98. The van der Waals surface area contributed by atoms with E-state index in [1.165, 1.54) is 0 Å². The van der Waals surface area contributed by atoms with Crippen molar-refractivity contribution >= 4 is 41.5 Å². The maximum Gasteiger partial charge on any atom is 0.490 e. The van der Waals surface area contributed by atoms with Crippen LogP contribution in [0.4, 0.5) is 13.2 Å². The van der Waals surface area contributed by atoms with Crippen molar-refractivity contribution in [3.05, 3.63) is 0 Å². The Morgan fingerprint density at radius 3 is 1.88 bits per heavy atom. The number of carbonyl (C=O) groups is 7. The number of carboxylic acid groups (broad SMARTS) is 1. The lowest BCUT2D eigenvalue weighted by Gasteiger charge is -2.25. The highest BCUT2D eigenvalue weighted by Crippen LogP contribution is 2.16. The number of rotatable bonds is 16. The SMILES string of the molecule is CC(C)C[C@H](N)C(=O)N[C@H](C(=O)NCC(=O)NC(C(=O)N[C@@H](COC(=O)C(F)(F)F)C(=O)O)[C@H](O)C(N)=O)[C@H](C)O. The summed E-state index contributed by atoms with van der Waals surface area (Å²) in [5, 5.41) is 36.4. The summed E-state index contributed by atoms with van der Waals surface area (Å²) in [5.41, 5.74) is 10.6. The van der Waals surface area contributed by atoms with Crippen LogP contribution in [0.1, 0.15) is 27.2 Å². The van der Waals surface area contributed by atoms with E-state index in [-0.39, 0.29) is 12.3 Å². The third-order valence-electron chi connectivity index (χ3n) is 4.98. The predicted octanol–water partition coefficient (Wildman–Crippen LogP) is -4.65. The molecule has 11 N–H and O–H groups in total. The van der Waals surface area contributed by atoms with Crippen molar-refractivity contribution in [2.45, 2.75) is 69.7 Å². The lowest BCUT2D eigenvalue weighted by molar-refractivity contribution is -0.200. The van der Waals surface area contributed by atoms with Gasteiger partial charge in [0, 0.05) is 0 Å². The van der Waals surface area contributed by atoms with Crippen molar-refractivity contribution in [1.82, 2.24) is 21.3 Å². The molecule has 0 spiro atoms. The number of hydrogen-bond acceptors (Lipinski definition) is 11. The van der Waals surface area contributed by atoms with Gasteiger partial charge >= 0.3 is 18.1 Å². The van der Waals surface area contributed by atoms with Crippen LogP contribution in [0, 0.1) is 5.92 Å². The molecule has 0 aromatic rings. The molecule has 6 atom stereocenters. The molecule has 0 heterocycles. The van der Waals surface area contributed by atoms with Crippen LogP contribution in [0.5, 0.6) is 0 Å².